The summed E-state index contributed by atoms with van der Waals surface area (Å²) < 4.78 is 6.32. The van der Waals surface area contributed by atoms with E-state index in [-0.39, 0.29) is 11.4 Å². The van der Waals surface area contributed by atoms with E-state index in [1.54, 1.807) is 0 Å². The molecule has 25 heavy (non-hydrogen) atoms. The Kier molecular flexibility index (Phi) is 3.84. The third-order valence-electron chi connectivity index (χ3n) is 8.26. The number of ether oxygens (including phenoxy) is 1. The number of carbonyl (C=O) groups is 1. The molecular weight excluding hydrogens is 316 g/mol. The van der Waals surface area contributed by atoms with Crippen LogP contribution in [0.3, 0.4) is 0 Å². The molecule has 0 aromatic rings. The van der Waals surface area contributed by atoms with Gasteiger partial charge < -0.3 is 14.9 Å². The smallest absolute Gasteiger partial charge is 0.312 e. The third-order valence-corrected chi connectivity index (χ3v) is 8.26. The second-order valence-corrected chi connectivity index (χ2v) is 10.9. The summed E-state index contributed by atoms with van der Waals surface area (Å²) in [6.07, 6.45) is 4.77. The van der Waals surface area contributed by atoms with Crippen LogP contribution in [0, 0.1) is 22.2 Å². The fraction of sp³-hybridized carbons (Fsp3) is 0.952. The highest BCUT2D eigenvalue weighted by Crippen LogP contribution is 2.78. The molecule has 144 valence electrons. The minimum absolute atomic E-state index is 0.169. The average molecular weight is 353 g/mol. The Labute approximate surface area is 152 Å². The highest BCUT2D eigenvalue weighted by Gasteiger charge is 2.79. The van der Waals surface area contributed by atoms with E-state index >= 15 is 0 Å². The van der Waals surface area contributed by atoms with Crippen LogP contribution in [0.15, 0.2) is 0 Å². The van der Waals surface area contributed by atoms with Gasteiger partial charge in [0.05, 0.1) is 16.6 Å². The van der Waals surface area contributed by atoms with Crippen LogP contribution in [0.25, 0.3) is 0 Å². The van der Waals surface area contributed by atoms with E-state index in [2.05, 4.69) is 0 Å². The molecule has 4 aliphatic rings. The summed E-state index contributed by atoms with van der Waals surface area (Å²) in [4.78, 5) is 13.0. The second-order valence-electron chi connectivity index (χ2n) is 10.9. The fourth-order valence-corrected chi connectivity index (χ4v) is 6.26. The first-order chi connectivity index (χ1) is 11.1. The highest BCUT2D eigenvalue weighted by atomic mass is 16.6. The summed E-state index contributed by atoms with van der Waals surface area (Å²) in [5, 5.41) is 22.1. The lowest BCUT2D eigenvalue weighted by Gasteiger charge is -2.50. The average Bonchev–Trinajstić information content (AvgIpc) is 2.77. The maximum Gasteiger partial charge on any atom is 0.312 e. The first-order valence-electron chi connectivity index (χ1n) is 9.82. The van der Waals surface area contributed by atoms with Gasteiger partial charge >= 0.3 is 5.97 Å². The van der Waals surface area contributed by atoms with Crippen molar-refractivity contribution < 1.29 is 19.7 Å². The number of esters is 1. The van der Waals surface area contributed by atoms with E-state index in [9.17, 15) is 15.0 Å². The van der Waals surface area contributed by atoms with Gasteiger partial charge in [0.2, 0.25) is 0 Å². The van der Waals surface area contributed by atoms with Crippen LogP contribution in [0.4, 0.5) is 0 Å². The van der Waals surface area contributed by atoms with Gasteiger partial charge in [-0.2, -0.15) is 0 Å². The Morgan fingerprint density at radius 1 is 1.00 bits per heavy atom. The maximum atomic E-state index is 13.0. The molecule has 4 aliphatic carbocycles. The monoisotopic (exact) mass is 352 g/mol. The first kappa shape index (κ1) is 19.2. The number of hydrogen-bond donors (Lipinski definition) is 2. The van der Waals surface area contributed by atoms with Crippen molar-refractivity contribution in [3.8, 4) is 0 Å². The minimum Gasteiger partial charge on any atom is -0.458 e. The Morgan fingerprint density at radius 3 is 2.08 bits per heavy atom. The van der Waals surface area contributed by atoms with Gasteiger partial charge in [-0.1, -0.05) is 6.92 Å². The molecule has 4 atom stereocenters. The van der Waals surface area contributed by atoms with E-state index in [0.29, 0.717) is 12.3 Å². The standard InChI is InChI=1S/C21H36O4/c1-8-16(2,3)15(22)25-21-11-14-9-19(13-21,17(4,5)23)12-20(21,10-14)18(6,7)24/h14,23-24H,8-13H2,1-7H3. The molecule has 2 N–H and O–H groups in total. The molecule has 4 fully saturated rings. The molecule has 0 aromatic heterocycles. The van der Waals surface area contributed by atoms with Crippen molar-refractivity contribution >= 4 is 5.97 Å². The molecule has 0 aliphatic heterocycles. The van der Waals surface area contributed by atoms with Crippen molar-refractivity contribution in [2.45, 2.75) is 104 Å². The van der Waals surface area contributed by atoms with E-state index < -0.39 is 27.6 Å². The van der Waals surface area contributed by atoms with Crippen molar-refractivity contribution in [2.24, 2.45) is 22.2 Å². The SMILES string of the molecule is CCC(C)(C)C(=O)OC12CC3CC(C(C)(C)O)(C1)CC2(C(C)(C)O)C3. The van der Waals surface area contributed by atoms with Crippen LogP contribution in [-0.2, 0) is 9.53 Å². The van der Waals surface area contributed by atoms with Crippen LogP contribution in [0.1, 0.15) is 87.0 Å². The van der Waals surface area contributed by atoms with Gasteiger partial charge in [-0.15, -0.1) is 0 Å². The van der Waals surface area contributed by atoms with Gasteiger partial charge in [0.1, 0.15) is 5.60 Å². The molecule has 4 saturated carbocycles. The van der Waals surface area contributed by atoms with Crippen LogP contribution in [0.2, 0.25) is 0 Å². The molecular formula is C21H36O4. The summed E-state index contributed by atoms with van der Waals surface area (Å²) in [6.45, 7) is 13.3. The van der Waals surface area contributed by atoms with Crippen molar-refractivity contribution in [3.05, 3.63) is 0 Å². The van der Waals surface area contributed by atoms with E-state index in [1.165, 1.54) is 0 Å². The zero-order valence-electron chi connectivity index (χ0n) is 17.0. The topological polar surface area (TPSA) is 66.8 Å². The van der Waals surface area contributed by atoms with E-state index in [0.717, 1.165) is 32.1 Å². The number of carbonyl (C=O) groups excluding carboxylic acids is 1. The molecule has 0 spiro atoms. The molecule has 4 heteroatoms. The largest absolute Gasteiger partial charge is 0.458 e. The summed E-state index contributed by atoms with van der Waals surface area (Å²) in [5.41, 5.74) is -3.74. The molecule has 4 bridgehead atoms. The zero-order chi connectivity index (χ0) is 19.1. The van der Waals surface area contributed by atoms with E-state index in [1.807, 2.05) is 48.5 Å². The third kappa shape index (κ3) is 2.36. The van der Waals surface area contributed by atoms with E-state index in [4.69, 9.17) is 4.74 Å². The molecule has 0 saturated heterocycles. The van der Waals surface area contributed by atoms with Crippen molar-refractivity contribution in [1.29, 1.82) is 0 Å². The summed E-state index contributed by atoms with van der Waals surface area (Å²) >= 11 is 0. The Bertz CT molecular complexity index is 582. The lowest BCUT2D eigenvalue weighted by atomic mass is 9.57. The van der Waals surface area contributed by atoms with Gasteiger partial charge in [0.25, 0.3) is 0 Å². The summed E-state index contributed by atoms with van der Waals surface area (Å²) in [5.74, 6) is 0.232. The lowest BCUT2D eigenvalue weighted by molar-refractivity contribution is -0.200. The molecule has 4 rings (SSSR count). The maximum absolute atomic E-state index is 13.0. The molecule has 0 radical (unpaired) electrons. The molecule has 4 nitrogen and oxygen atoms in total. The van der Waals surface area contributed by atoms with Gasteiger partial charge in [0.15, 0.2) is 0 Å². The number of rotatable bonds is 5. The molecule has 0 amide bonds. The molecule has 0 heterocycles. The van der Waals surface area contributed by atoms with Crippen molar-refractivity contribution in [1.82, 2.24) is 0 Å². The zero-order valence-corrected chi connectivity index (χ0v) is 17.0. The van der Waals surface area contributed by atoms with Crippen LogP contribution in [-0.4, -0.2) is 33.0 Å². The van der Waals surface area contributed by atoms with Crippen LogP contribution >= 0.6 is 0 Å². The lowest BCUT2D eigenvalue weighted by Crippen LogP contribution is -2.56. The normalized spacial score (nSPS) is 40.6. The fourth-order valence-electron chi connectivity index (χ4n) is 6.26. The van der Waals surface area contributed by atoms with Crippen LogP contribution < -0.4 is 0 Å². The molecule has 4 unspecified atom stereocenters. The number of hydrogen-bond acceptors (Lipinski definition) is 4. The predicted molar refractivity (Wildman–Crippen MR) is 96.9 cm³/mol. The van der Waals surface area contributed by atoms with Crippen molar-refractivity contribution in [3.63, 3.8) is 0 Å². The summed E-state index contributed by atoms with van der Waals surface area (Å²) in [7, 11) is 0. The van der Waals surface area contributed by atoms with Gasteiger partial charge in [-0.25, -0.2) is 0 Å². The van der Waals surface area contributed by atoms with Gasteiger partial charge in [-0.05, 0) is 86.0 Å². The predicted octanol–water partition coefficient (Wildman–Crippen LogP) is 3.83. The van der Waals surface area contributed by atoms with Gasteiger partial charge in [0, 0.05) is 10.8 Å². The molecule has 0 aromatic carbocycles. The van der Waals surface area contributed by atoms with Crippen LogP contribution in [0.5, 0.6) is 0 Å². The first-order valence-corrected chi connectivity index (χ1v) is 9.82. The minimum atomic E-state index is -0.953. The second kappa shape index (κ2) is 5.01. The number of aliphatic hydroxyl groups is 2. The Morgan fingerprint density at radius 2 is 1.60 bits per heavy atom. The Balaban J connectivity index is 2.07. The highest BCUT2D eigenvalue weighted by molar-refractivity contribution is 5.76. The quantitative estimate of drug-likeness (QED) is 0.738. The van der Waals surface area contributed by atoms with Gasteiger partial charge in [-0.3, -0.25) is 4.79 Å². The summed E-state index contributed by atoms with van der Waals surface area (Å²) in [6, 6.07) is 0. The Hall–Kier alpha value is -0.610. The van der Waals surface area contributed by atoms with Crippen molar-refractivity contribution in [2.75, 3.05) is 0 Å².